The van der Waals surface area contributed by atoms with Gasteiger partial charge < -0.3 is 15.1 Å². The van der Waals surface area contributed by atoms with Gasteiger partial charge in [-0.15, -0.1) is 0 Å². The van der Waals surface area contributed by atoms with Crippen molar-refractivity contribution in [3.8, 4) is 0 Å². The number of nitrogens with one attached hydrogen (secondary N) is 1. The Labute approximate surface area is 153 Å². The smallest absolute Gasteiger partial charge is 0.228 e. The minimum Gasteiger partial charge on any atom is -0.326 e. The van der Waals surface area contributed by atoms with Crippen molar-refractivity contribution in [3.63, 3.8) is 0 Å². The second-order valence-corrected chi connectivity index (χ2v) is 5.94. The molecule has 136 valence electrons. The van der Waals surface area contributed by atoms with Crippen molar-refractivity contribution in [2.75, 3.05) is 28.7 Å². The summed E-state index contributed by atoms with van der Waals surface area (Å²) < 4.78 is 0. The van der Waals surface area contributed by atoms with Crippen LogP contribution in [-0.4, -0.2) is 31.3 Å². The number of hydrogen-bond donors (Lipinski definition) is 1. The molecule has 0 saturated heterocycles. The Balaban J connectivity index is 2.03. The average Bonchev–Trinajstić information content (AvgIpc) is 2.62. The summed E-state index contributed by atoms with van der Waals surface area (Å²) in [4.78, 5) is 38.6. The molecule has 0 bridgehead atoms. The molecular weight excluding hydrogens is 330 g/mol. The maximum absolute atomic E-state index is 12.4. The zero-order chi connectivity index (χ0) is 19.1. The molecule has 0 radical (unpaired) electrons. The van der Waals surface area contributed by atoms with E-state index in [0.717, 1.165) is 5.69 Å². The third kappa shape index (κ3) is 5.17. The van der Waals surface area contributed by atoms with Gasteiger partial charge in [-0.25, -0.2) is 0 Å². The molecule has 0 aliphatic carbocycles. The third-order valence-corrected chi connectivity index (χ3v) is 3.95. The van der Waals surface area contributed by atoms with E-state index in [1.54, 1.807) is 41.1 Å². The fourth-order valence-corrected chi connectivity index (χ4v) is 2.57. The number of carbonyl (C=O) groups is 3. The highest BCUT2D eigenvalue weighted by Crippen LogP contribution is 2.19. The highest BCUT2D eigenvalue weighted by molar-refractivity contribution is 5.96. The van der Waals surface area contributed by atoms with Crippen LogP contribution in [-0.2, 0) is 14.4 Å². The topological polar surface area (TPSA) is 69.7 Å². The van der Waals surface area contributed by atoms with E-state index >= 15 is 0 Å². The maximum atomic E-state index is 12.4. The SMILES string of the molecule is CC(=O)Nc1ccc(N(CCC(=O)N(C)c2ccccc2)C(C)=O)cc1. The average molecular weight is 353 g/mol. The molecule has 0 aliphatic rings. The summed E-state index contributed by atoms with van der Waals surface area (Å²) in [5, 5.41) is 2.68. The number of benzene rings is 2. The summed E-state index contributed by atoms with van der Waals surface area (Å²) in [7, 11) is 1.72. The van der Waals surface area contributed by atoms with E-state index in [2.05, 4.69) is 5.32 Å². The van der Waals surface area contributed by atoms with E-state index in [-0.39, 0.29) is 30.7 Å². The molecule has 0 unspecified atom stereocenters. The van der Waals surface area contributed by atoms with Crippen molar-refractivity contribution in [2.24, 2.45) is 0 Å². The lowest BCUT2D eigenvalue weighted by Gasteiger charge is -2.23. The Kier molecular flexibility index (Phi) is 6.49. The molecule has 0 atom stereocenters. The minimum atomic E-state index is -0.157. The van der Waals surface area contributed by atoms with Gasteiger partial charge in [-0.1, -0.05) is 18.2 Å². The molecule has 0 spiro atoms. The lowest BCUT2D eigenvalue weighted by atomic mass is 10.2. The highest BCUT2D eigenvalue weighted by atomic mass is 16.2. The predicted octanol–water partition coefficient (Wildman–Crippen LogP) is 3.05. The zero-order valence-corrected chi connectivity index (χ0v) is 15.2. The summed E-state index contributed by atoms with van der Waals surface area (Å²) >= 11 is 0. The number of rotatable bonds is 6. The summed E-state index contributed by atoms with van der Waals surface area (Å²) in [6, 6.07) is 16.3. The van der Waals surface area contributed by atoms with Gasteiger partial charge in [0.05, 0.1) is 0 Å². The Morgan fingerprint density at radius 2 is 1.50 bits per heavy atom. The number of anilines is 3. The first-order chi connectivity index (χ1) is 12.4. The summed E-state index contributed by atoms with van der Waals surface area (Å²) in [6.07, 6.45) is 0.207. The van der Waals surface area contributed by atoms with Crippen LogP contribution in [0.25, 0.3) is 0 Å². The van der Waals surface area contributed by atoms with Crippen LogP contribution in [0, 0.1) is 0 Å². The second kappa shape index (κ2) is 8.80. The van der Waals surface area contributed by atoms with Gasteiger partial charge in [-0.05, 0) is 36.4 Å². The van der Waals surface area contributed by atoms with Crippen LogP contribution >= 0.6 is 0 Å². The van der Waals surface area contributed by atoms with Crippen molar-refractivity contribution in [2.45, 2.75) is 20.3 Å². The van der Waals surface area contributed by atoms with Crippen molar-refractivity contribution in [3.05, 3.63) is 54.6 Å². The lowest BCUT2D eigenvalue weighted by Crippen LogP contribution is -2.34. The Bertz CT molecular complexity index is 773. The van der Waals surface area contributed by atoms with Crippen LogP contribution in [0.1, 0.15) is 20.3 Å². The van der Waals surface area contributed by atoms with Gasteiger partial charge in [0.25, 0.3) is 0 Å². The van der Waals surface area contributed by atoms with Crippen LogP contribution in [0.5, 0.6) is 0 Å². The van der Waals surface area contributed by atoms with Crippen molar-refractivity contribution >= 4 is 34.8 Å². The minimum absolute atomic E-state index is 0.0719. The fourth-order valence-electron chi connectivity index (χ4n) is 2.57. The third-order valence-electron chi connectivity index (χ3n) is 3.95. The maximum Gasteiger partial charge on any atom is 0.228 e. The van der Waals surface area contributed by atoms with Gasteiger partial charge in [0.2, 0.25) is 17.7 Å². The van der Waals surface area contributed by atoms with E-state index in [1.165, 1.54) is 13.8 Å². The largest absolute Gasteiger partial charge is 0.326 e. The van der Waals surface area contributed by atoms with E-state index in [0.29, 0.717) is 11.4 Å². The van der Waals surface area contributed by atoms with Crippen molar-refractivity contribution in [1.29, 1.82) is 0 Å². The predicted molar refractivity (Wildman–Crippen MR) is 103 cm³/mol. The van der Waals surface area contributed by atoms with Crippen LogP contribution in [0.15, 0.2) is 54.6 Å². The first kappa shape index (κ1) is 19.2. The van der Waals surface area contributed by atoms with Gasteiger partial charge in [0.15, 0.2) is 0 Å². The Morgan fingerprint density at radius 3 is 2.04 bits per heavy atom. The number of para-hydroxylation sites is 1. The van der Waals surface area contributed by atoms with Gasteiger partial charge in [0.1, 0.15) is 0 Å². The van der Waals surface area contributed by atoms with E-state index in [9.17, 15) is 14.4 Å². The fraction of sp³-hybridized carbons (Fsp3) is 0.250. The Morgan fingerprint density at radius 1 is 0.885 bits per heavy atom. The number of hydrogen-bond acceptors (Lipinski definition) is 3. The van der Waals surface area contributed by atoms with Gasteiger partial charge in [-0.2, -0.15) is 0 Å². The molecular formula is C20H23N3O3. The molecule has 6 nitrogen and oxygen atoms in total. The van der Waals surface area contributed by atoms with E-state index < -0.39 is 0 Å². The molecule has 2 rings (SSSR count). The van der Waals surface area contributed by atoms with E-state index in [4.69, 9.17) is 0 Å². The Hall–Kier alpha value is -3.15. The molecule has 26 heavy (non-hydrogen) atoms. The molecule has 0 saturated carbocycles. The van der Waals surface area contributed by atoms with Crippen molar-refractivity contribution in [1.82, 2.24) is 0 Å². The zero-order valence-electron chi connectivity index (χ0n) is 15.2. The van der Waals surface area contributed by atoms with E-state index in [1.807, 2.05) is 30.3 Å². The molecule has 2 aromatic carbocycles. The molecule has 2 aromatic rings. The number of nitrogens with zero attached hydrogens (tertiary/aromatic N) is 2. The normalized spacial score (nSPS) is 10.1. The van der Waals surface area contributed by atoms with Gasteiger partial charge >= 0.3 is 0 Å². The van der Waals surface area contributed by atoms with Crippen LogP contribution in [0.3, 0.4) is 0 Å². The molecule has 0 fully saturated rings. The summed E-state index contributed by atoms with van der Waals surface area (Å²) in [6.45, 7) is 3.18. The number of carbonyl (C=O) groups excluding carboxylic acids is 3. The highest BCUT2D eigenvalue weighted by Gasteiger charge is 2.16. The van der Waals surface area contributed by atoms with Crippen molar-refractivity contribution < 1.29 is 14.4 Å². The molecule has 0 heterocycles. The van der Waals surface area contributed by atoms with Crippen LogP contribution in [0.2, 0.25) is 0 Å². The quantitative estimate of drug-likeness (QED) is 0.868. The first-order valence-electron chi connectivity index (χ1n) is 8.36. The molecule has 6 heteroatoms. The molecule has 3 amide bonds. The molecule has 1 N–H and O–H groups in total. The molecule has 0 aliphatic heterocycles. The monoisotopic (exact) mass is 353 g/mol. The van der Waals surface area contributed by atoms with Crippen LogP contribution < -0.4 is 15.1 Å². The molecule has 0 aromatic heterocycles. The number of amides is 3. The summed E-state index contributed by atoms with van der Waals surface area (Å²) in [5.41, 5.74) is 2.15. The van der Waals surface area contributed by atoms with Crippen LogP contribution in [0.4, 0.5) is 17.1 Å². The van der Waals surface area contributed by atoms with Gasteiger partial charge in [-0.3, -0.25) is 14.4 Å². The van der Waals surface area contributed by atoms with Gasteiger partial charge in [0, 0.05) is 50.9 Å². The summed E-state index contributed by atoms with van der Waals surface area (Å²) in [5.74, 6) is -0.375. The first-order valence-corrected chi connectivity index (χ1v) is 8.36. The second-order valence-electron chi connectivity index (χ2n) is 5.94. The lowest BCUT2D eigenvalue weighted by molar-refractivity contribution is -0.118. The standard InChI is InChI=1S/C20H23N3O3/c1-15(24)21-17-9-11-19(12-10-17)23(16(2)25)14-13-20(26)22(3)18-7-5-4-6-8-18/h4-12H,13-14H2,1-3H3,(H,21,24).